The van der Waals surface area contributed by atoms with E-state index in [1.807, 2.05) is 97.7 Å². The molecule has 1 atom stereocenters. The average molecular weight is 654 g/mol. The Morgan fingerprint density at radius 1 is 0.818 bits per heavy atom. The maximum absolute atomic E-state index is 7.13. The molecule has 2 heterocycles. The van der Waals surface area contributed by atoms with Gasteiger partial charge in [0.15, 0.2) is 5.75 Å². The number of rotatable bonds is 5. The number of thiocyanates is 1. The number of hydrogen-bond acceptors (Lipinski definition) is 6. The molecule has 0 radical (unpaired) electrons. The van der Waals surface area contributed by atoms with Gasteiger partial charge in [-0.1, -0.05) is 35.7 Å². The van der Waals surface area contributed by atoms with Crippen molar-refractivity contribution in [1.29, 1.82) is 5.26 Å². The number of benzene rings is 2. The van der Waals surface area contributed by atoms with Gasteiger partial charge in [0.05, 0.1) is 17.1 Å². The first-order valence-electron chi connectivity index (χ1n) is 9.27. The fourth-order valence-electron chi connectivity index (χ4n) is 2.30. The van der Waals surface area contributed by atoms with Gasteiger partial charge < -0.3 is 29.1 Å². The van der Waals surface area contributed by atoms with E-state index in [0.717, 1.165) is 22.9 Å². The number of aromatic nitrogens is 2. The van der Waals surface area contributed by atoms with Gasteiger partial charge in [-0.3, -0.25) is 9.97 Å². The third-order valence-electron chi connectivity index (χ3n) is 3.53. The molecule has 170 valence electrons. The Hall–Kier alpha value is -2.87. The van der Waals surface area contributed by atoms with Gasteiger partial charge in [0.25, 0.3) is 0 Å². The van der Waals surface area contributed by atoms with E-state index in [1.165, 1.54) is 5.40 Å². The minimum atomic E-state index is -1.33. The van der Waals surface area contributed by atoms with Crippen LogP contribution in [0.3, 0.4) is 0 Å². The van der Waals surface area contributed by atoms with Crippen LogP contribution in [0.15, 0.2) is 103 Å². The third kappa shape index (κ3) is 12.7. The molecule has 4 aromatic rings. The maximum Gasteiger partial charge on any atom is 3.00 e. The summed E-state index contributed by atoms with van der Waals surface area (Å²) in [4.78, 5) is 8.37. The second-order valence-electron chi connectivity index (χ2n) is 5.76. The van der Waals surface area contributed by atoms with Crippen molar-refractivity contribution in [3.63, 3.8) is 0 Å². The number of pyridine rings is 2. The Labute approximate surface area is 216 Å². The normalized spacial score (nSPS) is 9.45. The van der Waals surface area contributed by atoms with Crippen LogP contribution < -0.4 is 9.05 Å². The first kappa shape index (κ1) is 30.1. The predicted octanol–water partition coefficient (Wildman–Crippen LogP) is 6.22. The molecule has 0 bridgehead atoms. The molecule has 0 aliphatic carbocycles. The molecule has 0 spiro atoms. The van der Waals surface area contributed by atoms with E-state index < -0.39 is 8.38 Å². The van der Waals surface area contributed by atoms with Gasteiger partial charge >= 0.3 is 28.5 Å². The second kappa shape index (κ2) is 18.7. The zero-order valence-corrected chi connectivity index (χ0v) is 22.4. The first-order chi connectivity index (χ1) is 15.2. The molecule has 1 unspecified atom stereocenters. The van der Waals surface area contributed by atoms with Gasteiger partial charge in [0.1, 0.15) is 6.66 Å². The summed E-state index contributed by atoms with van der Waals surface area (Å²) in [5.74, 6) is 1.57. The van der Waals surface area contributed by atoms with E-state index in [-0.39, 0.29) is 27.5 Å². The van der Waals surface area contributed by atoms with Crippen LogP contribution in [0, 0.1) is 24.2 Å². The standard InChI is InChI=1S/C13H12O2P.C10H8N2.CHNS.CH3.Ir/c1-16(14-12-8-4-2-5-9-12)15-13-10-6-3-7-11-13;1-3-7-11-9(5-1)10-6-2-4-8-12-10;2-1-3;;/h2-10H,1H3;1-8H;3H;1H3;/q-1;;;-1;+3. The summed E-state index contributed by atoms with van der Waals surface area (Å²) >= 11 is 3.70. The first-order valence-corrected chi connectivity index (χ1v) is 11.5. The fourth-order valence-corrected chi connectivity index (χ4v) is 3.25. The quantitative estimate of drug-likeness (QED) is 0.110. The summed E-state index contributed by atoms with van der Waals surface area (Å²) in [6, 6.07) is 31.8. The molecular weight excluding hydrogens is 630 g/mol. The van der Waals surface area contributed by atoms with Gasteiger partial charge in [-0.25, -0.2) is 5.26 Å². The topological polar surface area (TPSA) is 68.0 Å². The van der Waals surface area contributed by atoms with Crippen LogP contribution in [0.1, 0.15) is 0 Å². The number of hydrogen-bond donors (Lipinski definition) is 0. The molecule has 0 aliphatic rings. The van der Waals surface area contributed by atoms with Crippen LogP contribution >= 0.6 is 8.38 Å². The Morgan fingerprint density at radius 2 is 1.33 bits per heavy atom. The Balaban J connectivity index is 0.000000539. The number of para-hydroxylation sites is 2. The molecule has 33 heavy (non-hydrogen) atoms. The summed E-state index contributed by atoms with van der Waals surface area (Å²) in [7, 11) is -1.33. The second-order valence-corrected chi connectivity index (χ2v) is 7.33. The van der Waals surface area contributed by atoms with E-state index in [9.17, 15) is 0 Å². The van der Waals surface area contributed by atoms with Crippen molar-refractivity contribution in [3.8, 4) is 28.3 Å². The Bertz CT molecular complexity index is 946. The average Bonchev–Trinajstić information content (AvgIpc) is 2.82. The van der Waals surface area contributed by atoms with Crippen LogP contribution in [-0.4, -0.2) is 16.6 Å². The van der Waals surface area contributed by atoms with E-state index in [1.54, 1.807) is 12.4 Å². The minimum Gasteiger partial charge on any atom is -0.696 e. The molecule has 5 nitrogen and oxygen atoms in total. The van der Waals surface area contributed by atoms with Crippen molar-refractivity contribution in [1.82, 2.24) is 9.97 Å². The van der Waals surface area contributed by atoms with Crippen LogP contribution in [-0.2, 0) is 32.7 Å². The predicted molar refractivity (Wildman–Crippen MR) is 134 cm³/mol. The van der Waals surface area contributed by atoms with Crippen molar-refractivity contribution in [2.75, 3.05) is 6.66 Å². The van der Waals surface area contributed by atoms with Gasteiger partial charge in [-0.05, 0) is 36.4 Å². The third-order valence-corrected chi connectivity index (χ3v) is 4.56. The zero-order valence-electron chi connectivity index (χ0n) is 18.2. The molecule has 0 N–H and O–H groups in total. The van der Waals surface area contributed by atoms with Crippen LogP contribution in [0.2, 0.25) is 0 Å². The molecule has 0 aliphatic heterocycles. The summed E-state index contributed by atoms with van der Waals surface area (Å²) in [5, 5.41) is 8.47. The molecule has 0 saturated carbocycles. The van der Waals surface area contributed by atoms with Crippen molar-refractivity contribution >= 4 is 21.0 Å². The number of nitriles is 1. The molecule has 2 aromatic heterocycles. The SMILES string of the molecule is C[PH+](Oc1[c-]cccc1)Oc1ccccc1.N#C[S-].[CH3-].[Ir+3].c1ccc(-c2ccccn2)nc1. The van der Waals surface area contributed by atoms with Crippen LogP contribution in [0.4, 0.5) is 0 Å². The monoisotopic (exact) mass is 654 g/mol. The van der Waals surface area contributed by atoms with Crippen molar-refractivity contribution in [2.45, 2.75) is 0 Å². The maximum atomic E-state index is 7.13. The van der Waals surface area contributed by atoms with E-state index >= 15 is 0 Å². The molecular formula is C25H24IrN3O2PS+. The molecule has 0 amide bonds. The zero-order chi connectivity index (χ0) is 22.2. The summed E-state index contributed by atoms with van der Waals surface area (Å²) in [6.45, 7) is 1.96. The Morgan fingerprint density at radius 3 is 1.79 bits per heavy atom. The summed E-state index contributed by atoms with van der Waals surface area (Å²) in [5.41, 5.74) is 1.83. The van der Waals surface area contributed by atoms with E-state index in [0.29, 0.717) is 0 Å². The van der Waals surface area contributed by atoms with Gasteiger partial charge in [-0.2, -0.15) is 18.2 Å². The van der Waals surface area contributed by atoms with Crippen LogP contribution in [0.25, 0.3) is 11.4 Å². The van der Waals surface area contributed by atoms with Gasteiger partial charge in [-0.15, -0.1) is 12.1 Å². The van der Waals surface area contributed by atoms with Crippen molar-refractivity contribution in [2.24, 2.45) is 0 Å². The largest absolute Gasteiger partial charge is 3.00 e. The Kier molecular flexibility index (Phi) is 17.1. The van der Waals surface area contributed by atoms with Gasteiger partial charge in [0.2, 0.25) is 0 Å². The number of nitrogens with zero attached hydrogens (tertiary/aromatic N) is 3. The smallest absolute Gasteiger partial charge is 0.696 e. The summed E-state index contributed by atoms with van der Waals surface area (Å²) in [6.07, 6.45) is 3.54. The molecule has 0 saturated heterocycles. The van der Waals surface area contributed by atoms with Crippen molar-refractivity contribution < 1.29 is 29.2 Å². The molecule has 8 heteroatoms. The van der Waals surface area contributed by atoms with E-state index in [2.05, 4.69) is 28.7 Å². The van der Waals surface area contributed by atoms with Crippen LogP contribution in [0.5, 0.6) is 11.5 Å². The summed E-state index contributed by atoms with van der Waals surface area (Å²) < 4.78 is 11.3. The fraction of sp³-hybridized carbons (Fsp3) is 0.0400. The molecule has 2 aromatic carbocycles. The van der Waals surface area contributed by atoms with Crippen molar-refractivity contribution in [3.05, 3.63) is 117 Å². The minimum absolute atomic E-state index is 0. The van der Waals surface area contributed by atoms with Gasteiger partial charge in [0, 0.05) is 12.4 Å². The van der Waals surface area contributed by atoms with E-state index in [4.69, 9.17) is 14.3 Å². The molecule has 0 fully saturated rings. The molecule has 4 rings (SSSR count).